The Kier molecular flexibility index (Phi) is 3.21. The first-order chi connectivity index (χ1) is 7.31. The quantitative estimate of drug-likeness (QED) is 0.812. The van der Waals surface area contributed by atoms with Crippen molar-refractivity contribution in [3.63, 3.8) is 0 Å². The van der Waals surface area contributed by atoms with E-state index in [0.717, 1.165) is 25.5 Å². The Morgan fingerprint density at radius 2 is 2.47 bits per heavy atom. The maximum Gasteiger partial charge on any atom is 0.131 e. The Balaban J connectivity index is 2.04. The van der Waals surface area contributed by atoms with Crippen molar-refractivity contribution in [2.45, 2.75) is 26.3 Å². The van der Waals surface area contributed by atoms with Crippen molar-refractivity contribution in [3.8, 4) is 0 Å². The summed E-state index contributed by atoms with van der Waals surface area (Å²) in [7, 11) is 0. The van der Waals surface area contributed by atoms with Crippen LogP contribution < -0.4 is 10.2 Å². The van der Waals surface area contributed by atoms with Crippen LogP contribution in [0.2, 0.25) is 0 Å². The van der Waals surface area contributed by atoms with Gasteiger partial charge in [-0.05, 0) is 31.5 Å². The van der Waals surface area contributed by atoms with Crippen molar-refractivity contribution >= 4 is 5.82 Å². The fraction of sp³-hybridized carbons (Fsp3) is 0.583. The zero-order valence-electron chi connectivity index (χ0n) is 9.53. The average molecular weight is 205 g/mol. The lowest BCUT2D eigenvalue weighted by atomic mass is 10.2. The Morgan fingerprint density at radius 3 is 3.20 bits per heavy atom. The monoisotopic (exact) mass is 205 g/mol. The first kappa shape index (κ1) is 10.4. The molecule has 1 N–H and O–H groups in total. The number of anilines is 1. The summed E-state index contributed by atoms with van der Waals surface area (Å²) in [4.78, 5) is 6.83. The molecule has 0 bridgehead atoms. The second-order valence-corrected chi connectivity index (χ2v) is 4.13. The van der Waals surface area contributed by atoms with E-state index in [4.69, 9.17) is 0 Å². The van der Waals surface area contributed by atoms with Crippen LogP contribution in [0.4, 0.5) is 5.82 Å². The van der Waals surface area contributed by atoms with Crippen LogP contribution in [0.25, 0.3) is 0 Å². The highest BCUT2D eigenvalue weighted by Gasteiger charge is 2.23. The molecule has 1 aromatic heterocycles. The summed E-state index contributed by atoms with van der Waals surface area (Å²) < 4.78 is 0. The molecule has 82 valence electrons. The highest BCUT2D eigenvalue weighted by atomic mass is 15.2. The van der Waals surface area contributed by atoms with Crippen LogP contribution in [-0.2, 0) is 0 Å². The van der Waals surface area contributed by atoms with Gasteiger partial charge < -0.3 is 10.2 Å². The minimum Gasteiger partial charge on any atom is -0.355 e. The van der Waals surface area contributed by atoms with Gasteiger partial charge in [0.2, 0.25) is 0 Å². The summed E-state index contributed by atoms with van der Waals surface area (Å²) in [5, 5.41) is 3.49. The Bertz CT molecular complexity index is 324. The number of hydrogen-bond acceptors (Lipinski definition) is 3. The normalized spacial score (nSPS) is 20.9. The highest BCUT2D eigenvalue weighted by molar-refractivity contribution is 5.46. The molecular formula is C12H19N3. The summed E-state index contributed by atoms with van der Waals surface area (Å²) in [6.07, 6.45) is 3.10. The lowest BCUT2D eigenvalue weighted by molar-refractivity contribution is 0.571. The van der Waals surface area contributed by atoms with Gasteiger partial charge in [0.25, 0.3) is 0 Å². The minimum atomic E-state index is 0.636. The third kappa shape index (κ3) is 2.29. The van der Waals surface area contributed by atoms with E-state index in [-0.39, 0.29) is 0 Å². The SMILES string of the molecule is CCN[C@@H]1CCN(c2ncccc2C)C1. The van der Waals surface area contributed by atoms with Gasteiger partial charge in [0.1, 0.15) is 5.82 Å². The van der Waals surface area contributed by atoms with Gasteiger partial charge in [-0.2, -0.15) is 0 Å². The summed E-state index contributed by atoms with van der Waals surface area (Å²) >= 11 is 0. The molecular weight excluding hydrogens is 186 g/mol. The van der Waals surface area contributed by atoms with Crippen molar-refractivity contribution in [1.82, 2.24) is 10.3 Å². The molecule has 1 aromatic rings. The van der Waals surface area contributed by atoms with Gasteiger partial charge in [0, 0.05) is 25.3 Å². The molecule has 0 radical (unpaired) electrons. The molecule has 1 aliphatic heterocycles. The average Bonchev–Trinajstić information content (AvgIpc) is 2.68. The molecule has 1 aliphatic rings. The third-order valence-corrected chi connectivity index (χ3v) is 2.96. The molecule has 1 saturated heterocycles. The van der Waals surface area contributed by atoms with Gasteiger partial charge >= 0.3 is 0 Å². The molecule has 0 amide bonds. The molecule has 1 fully saturated rings. The lowest BCUT2D eigenvalue weighted by Crippen LogP contribution is -2.32. The second-order valence-electron chi connectivity index (χ2n) is 4.13. The van der Waals surface area contributed by atoms with Crippen LogP contribution >= 0.6 is 0 Å². The van der Waals surface area contributed by atoms with Gasteiger partial charge in [0.05, 0.1) is 0 Å². The van der Waals surface area contributed by atoms with E-state index in [1.54, 1.807) is 0 Å². The van der Waals surface area contributed by atoms with Crippen molar-refractivity contribution in [2.24, 2.45) is 0 Å². The zero-order valence-corrected chi connectivity index (χ0v) is 9.53. The summed E-state index contributed by atoms with van der Waals surface area (Å²) in [5.74, 6) is 1.15. The van der Waals surface area contributed by atoms with Crippen LogP contribution in [0.3, 0.4) is 0 Å². The molecule has 2 rings (SSSR count). The van der Waals surface area contributed by atoms with Crippen LogP contribution in [0.1, 0.15) is 18.9 Å². The van der Waals surface area contributed by atoms with E-state index < -0.39 is 0 Å². The number of rotatable bonds is 3. The Hall–Kier alpha value is -1.09. The fourth-order valence-corrected chi connectivity index (χ4v) is 2.22. The number of pyridine rings is 1. The standard InChI is InChI=1S/C12H19N3/c1-3-13-11-6-8-15(9-11)12-10(2)5-4-7-14-12/h4-5,7,11,13H,3,6,8-9H2,1-2H3/t11-/m1/s1. The van der Waals surface area contributed by atoms with E-state index >= 15 is 0 Å². The molecule has 0 aliphatic carbocycles. The molecule has 3 heteroatoms. The molecule has 3 nitrogen and oxygen atoms in total. The fourth-order valence-electron chi connectivity index (χ4n) is 2.22. The van der Waals surface area contributed by atoms with E-state index in [9.17, 15) is 0 Å². The van der Waals surface area contributed by atoms with Gasteiger partial charge in [0.15, 0.2) is 0 Å². The topological polar surface area (TPSA) is 28.2 Å². The van der Waals surface area contributed by atoms with E-state index in [2.05, 4.69) is 35.1 Å². The number of aryl methyl sites for hydroxylation is 1. The van der Waals surface area contributed by atoms with E-state index in [0.29, 0.717) is 6.04 Å². The van der Waals surface area contributed by atoms with E-state index in [1.165, 1.54) is 12.0 Å². The molecule has 1 atom stereocenters. The number of likely N-dealkylation sites (N-methyl/N-ethyl adjacent to an activating group) is 1. The van der Waals surface area contributed by atoms with Gasteiger partial charge in [-0.1, -0.05) is 13.0 Å². The van der Waals surface area contributed by atoms with Crippen molar-refractivity contribution < 1.29 is 0 Å². The number of nitrogens with one attached hydrogen (secondary N) is 1. The second kappa shape index (κ2) is 4.62. The zero-order chi connectivity index (χ0) is 10.7. The summed E-state index contributed by atoms with van der Waals surface area (Å²) in [6, 6.07) is 4.76. The summed E-state index contributed by atoms with van der Waals surface area (Å²) in [5.41, 5.74) is 1.27. The van der Waals surface area contributed by atoms with Gasteiger partial charge in [-0.15, -0.1) is 0 Å². The minimum absolute atomic E-state index is 0.636. The van der Waals surface area contributed by atoms with Crippen molar-refractivity contribution in [3.05, 3.63) is 23.9 Å². The van der Waals surface area contributed by atoms with Gasteiger partial charge in [-0.3, -0.25) is 0 Å². The molecule has 0 spiro atoms. The van der Waals surface area contributed by atoms with Crippen LogP contribution in [0.5, 0.6) is 0 Å². The largest absolute Gasteiger partial charge is 0.355 e. The predicted octanol–water partition coefficient (Wildman–Crippen LogP) is 1.58. The number of hydrogen-bond donors (Lipinski definition) is 1. The lowest BCUT2D eigenvalue weighted by Gasteiger charge is -2.19. The van der Waals surface area contributed by atoms with Crippen molar-refractivity contribution in [2.75, 3.05) is 24.5 Å². The maximum absolute atomic E-state index is 4.45. The smallest absolute Gasteiger partial charge is 0.131 e. The Labute approximate surface area is 91.5 Å². The van der Waals surface area contributed by atoms with Gasteiger partial charge in [-0.25, -0.2) is 4.98 Å². The maximum atomic E-state index is 4.45. The van der Waals surface area contributed by atoms with Crippen LogP contribution in [0, 0.1) is 6.92 Å². The van der Waals surface area contributed by atoms with Crippen molar-refractivity contribution in [1.29, 1.82) is 0 Å². The van der Waals surface area contributed by atoms with E-state index in [1.807, 2.05) is 12.3 Å². The number of nitrogens with zero attached hydrogens (tertiary/aromatic N) is 2. The van der Waals surface area contributed by atoms with Crippen LogP contribution in [0.15, 0.2) is 18.3 Å². The first-order valence-corrected chi connectivity index (χ1v) is 5.71. The molecule has 15 heavy (non-hydrogen) atoms. The third-order valence-electron chi connectivity index (χ3n) is 2.96. The molecule has 2 heterocycles. The first-order valence-electron chi connectivity index (χ1n) is 5.71. The molecule has 0 saturated carbocycles. The Morgan fingerprint density at radius 1 is 1.60 bits per heavy atom. The number of aromatic nitrogens is 1. The summed E-state index contributed by atoms with van der Waals surface area (Å²) in [6.45, 7) is 7.55. The molecule has 0 aromatic carbocycles. The van der Waals surface area contributed by atoms with Crippen LogP contribution in [-0.4, -0.2) is 30.7 Å². The highest BCUT2D eigenvalue weighted by Crippen LogP contribution is 2.20. The predicted molar refractivity (Wildman–Crippen MR) is 63.3 cm³/mol. The molecule has 0 unspecified atom stereocenters.